The number of carbonyl (C=O) groups is 2. The third-order valence-electron chi connectivity index (χ3n) is 3.69. The summed E-state index contributed by atoms with van der Waals surface area (Å²) >= 11 is 0. The van der Waals surface area contributed by atoms with Crippen LogP contribution in [-0.2, 0) is 26.0 Å². The topological polar surface area (TPSA) is 128 Å². The van der Waals surface area contributed by atoms with Gasteiger partial charge >= 0.3 is 0 Å². The first-order chi connectivity index (χ1) is 12.7. The van der Waals surface area contributed by atoms with Gasteiger partial charge in [0, 0.05) is 19.0 Å². The zero-order valence-corrected chi connectivity index (χ0v) is 15.8. The summed E-state index contributed by atoms with van der Waals surface area (Å²) in [6.45, 7) is 1.39. The lowest BCUT2D eigenvalue weighted by Gasteiger charge is -2.12. The maximum absolute atomic E-state index is 12.2. The van der Waals surface area contributed by atoms with Crippen molar-refractivity contribution < 1.29 is 22.7 Å². The summed E-state index contributed by atoms with van der Waals surface area (Å²) in [5.41, 5.74) is 1.78. The number of hydrogen-bond acceptors (Lipinski definition) is 5. The molecule has 0 spiro atoms. The fraction of sp³-hybridized carbons (Fsp3) is 0.222. The van der Waals surface area contributed by atoms with E-state index in [0.717, 1.165) is 5.56 Å². The molecule has 144 valence electrons. The van der Waals surface area contributed by atoms with Gasteiger partial charge < -0.3 is 15.4 Å². The maximum atomic E-state index is 12.2. The molecule has 0 aliphatic rings. The van der Waals surface area contributed by atoms with Crippen LogP contribution in [0.4, 0.5) is 11.4 Å². The van der Waals surface area contributed by atoms with Gasteiger partial charge in [-0.25, -0.2) is 13.6 Å². The number of carbonyl (C=O) groups excluding carboxylic acids is 2. The van der Waals surface area contributed by atoms with E-state index in [2.05, 4.69) is 10.6 Å². The largest absolute Gasteiger partial charge is 0.495 e. The molecule has 0 saturated carbocycles. The van der Waals surface area contributed by atoms with Gasteiger partial charge in [-0.15, -0.1) is 0 Å². The van der Waals surface area contributed by atoms with E-state index >= 15 is 0 Å². The Morgan fingerprint density at radius 2 is 1.74 bits per heavy atom. The monoisotopic (exact) mass is 391 g/mol. The van der Waals surface area contributed by atoms with Crippen molar-refractivity contribution in [3.8, 4) is 5.75 Å². The van der Waals surface area contributed by atoms with Gasteiger partial charge in [0.25, 0.3) is 0 Å². The zero-order chi connectivity index (χ0) is 20.0. The van der Waals surface area contributed by atoms with Gasteiger partial charge in [0.15, 0.2) is 0 Å². The Morgan fingerprint density at radius 1 is 1.07 bits per heavy atom. The number of amides is 2. The molecule has 2 aromatic carbocycles. The molecule has 4 N–H and O–H groups in total. The van der Waals surface area contributed by atoms with Crippen LogP contribution in [0.2, 0.25) is 0 Å². The smallest absolute Gasteiger partial charge is 0.238 e. The van der Waals surface area contributed by atoms with Crippen LogP contribution in [0.1, 0.15) is 18.9 Å². The van der Waals surface area contributed by atoms with Crippen LogP contribution in [0.15, 0.2) is 47.4 Å². The Labute approximate surface area is 157 Å². The molecule has 0 saturated heterocycles. The molecule has 0 aliphatic heterocycles. The number of hydrogen-bond donors (Lipinski definition) is 3. The quantitative estimate of drug-likeness (QED) is 0.664. The highest BCUT2D eigenvalue weighted by Gasteiger charge is 2.11. The van der Waals surface area contributed by atoms with Crippen LogP contribution in [-0.4, -0.2) is 27.3 Å². The van der Waals surface area contributed by atoms with Crippen molar-refractivity contribution in [2.75, 3.05) is 17.7 Å². The van der Waals surface area contributed by atoms with E-state index in [-0.39, 0.29) is 23.1 Å². The first kappa shape index (κ1) is 20.4. The summed E-state index contributed by atoms with van der Waals surface area (Å²) in [7, 11) is -2.25. The average molecular weight is 391 g/mol. The molecule has 0 atom stereocenters. The SMILES string of the molecule is COc1ccc(NC(C)=O)cc1NC(=O)CCc1ccc(S(N)(=O)=O)cc1. The van der Waals surface area contributed by atoms with Crippen LogP contribution in [0.3, 0.4) is 0 Å². The Hall–Kier alpha value is -2.91. The Bertz CT molecular complexity index is 940. The molecule has 0 heterocycles. The third-order valence-corrected chi connectivity index (χ3v) is 4.62. The molecule has 0 bridgehead atoms. The molecule has 0 fully saturated rings. The Kier molecular flexibility index (Phi) is 6.54. The molecular formula is C18H21N3O5S. The summed E-state index contributed by atoms with van der Waals surface area (Å²) in [5, 5.41) is 10.4. The summed E-state index contributed by atoms with van der Waals surface area (Å²) in [6.07, 6.45) is 0.604. The lowest BCUT2D eigenvalue weighted by molar-refractivity contribution is -0.116. The highest BCUT2D eigenvalue weighted by Crippen LogP contribution is 2.28. The number of anilines is 2. The molecule has 0 aliphatic carbocycles. The number of methoxy groups -OCH3 is 1. The van der Waals surface area contributed by atoms with Crippen molar-refractivity contribution in [3.63, 3.8) is 0 Å². The number of sulfonamides is 1. The van der Waals surface area contributed by atoms with E-state index in [0.29, 0.717) is 23.5 Å². The van der Waals surface area contributed by atoms with E-state index in [9.17, 15) is 18.0 Å². The lowest BCUT2D eigenvalue weighted by atomic mass is 10.1. The van der Waals surface area contributed by atoms with Crippen LogP contribution >= 0.6 is 0 Å². The first-order valence-corrected chi connectivity index (χ1v) is 9.61. The lowest BCUT2D eigenvalue weighted by Crippen LogP contribution is -2.14. The number of ether oxygens (including phenoxy) is 1. The highest BCUT2D eigenvalue weighted by atomic mass is 32.2. The van der Waals surface area contributed by atoms with Gasteiger partial charge in [0.2, 0.25) is 21.8 Å². The maximum Gasteiger partial charge on any atom is 0.238 e. The van der Waals surface area contributed by atoms with Crippen molar-refractivity contribution >= 4 is 33.2 Å². The second-order valence-corrected chi connectivity index (χ2v) is 7.39. The Balaban J connectivity index is 2.02. The second kappa shape index (κ2) is 8.65. The summed E-state index contributed by atoms with van der Waals surface area (Å²) in [5.74, 6) is -0.000797. The van der Waals surface area contributed by atoms with Gasteiger partial charge in [-0.05, 0) is 42.3 Å². The van der Waals surface area contributed by atoms with E-state index in [4.69, 9.17) is 9.88 Å². The molecule has 0 aromatic heterocycles. The fourth-order valence-corrected chi connectivity index (χ4v) is 2.92. The van der Waals surface area contributed by atoms with Crippen molar-refractivity contribution in [1.82, 2.24) is 0 Å². The molecule has 8 nitrogen and oxygen atoms in total. The minimum Gasteiger partial charge on any atom is -0.495 e. The van der Waals surface area contributed by atoms with Gasteiger partial charge in [-0.3, -0.25) is 9.59 Å². The minimum absolute atomic E-state index is 0.0234. The predicted octanol–water partition coefficient (Wildman–Crippen LogP) is 1.87. The molecule has 0 radical (unpaired) electrons. The minimum atomic E-state index is -3.74. The van der Waals surface area contributed by atoms with E-state index in [1.165, 1.54) is 26.2 Å². The molecule has 0 unspecified atom stereocenters. The summed E-state index contributed by atoms with van der Waals surface area (Å²) < 4.78 is 27.7. The highest BCUT2D eigenvalue weighted by molar-refractivity contribution is 7.89. The van der Waals surface area contributed by atoms with Crippen molar-refractivity contribution in [2.45, 2.75) is 24.7 Å². The van der Waals surface area contributed by atoms with E-state index < -0.39 is 10.0 Å². The number of rotatable bonds is 7. The normalized spacial score (nSPS) is 10.9. The van der Waals surface area contributed by atoms with Crippen LogP contribution in [0, 0.1) is 0 Å². The average Bonchev–Trinajstić information content (AvgIpc) is 2.59. The predicted molar refractivity (Wildman–Crippen MR) is 102 cm³/mol. The number of aryl methyl sites for hydroxylation is 1. The summed E-state index contributed by atoms with van der Waals surface area (Å²) in [4.78, 5) is 23.4. The van der Waals surface area contributed by atoms with Crippen LogP contribution < -0.4 is 20.5 Å². The van der Waals surface area contributed by atoms with Gasteiger partial charge in [-0.1, -0.05) is 12.1 Å². The second-order valence-electron chi connectivity index (χ2n) is 5.83. The van der Waals surface area contributed by atoms with Crippen molar-refractivity contribution in [2.24, 2.45) is 5.14 Å². The van der Waals surface area contributed by atoms with Crippen LogP contribution in [0.25, 0.3) is 0 Å². The first-order valence-electron chi connectivity index (χ1n) is 8.06. The molecule has 2 amide bonds. The van der Waals surface area contributed by atoms with Gasteiger partial charge in [0.05, 0.1) is 17.7 Å². The molecule has 27 heavy (non-hydrogen) atoms. The van der Waals surface area contributed by atoms with Crippen LogP contribution in [0.5, 0.6) is 5.75 Å². The fourth-order valence-electron chi connectivity index (χ4n) is 2.40. The number of nitrogens with one attached hydrogen (secondary N) is 2. The molecule has 2 aromatic rings. The van der Waals surface area contributed by atoms with Crippen molar-refractivity contribution in [3.05, 3.63) is 48.0 Å². The Morgan fingerprint density at radius 3 is 2.30 bits per heavy atom. The third kappa shape index (κ3) is 6.08. The number of benzene rings is 2. The molecular weight excluding hydrogens is 370 g/mol. The zero-order valence-electron chi connectivity index (χ0n) is 15.0. The van der Waals surface area contributed by atoms with Gasteiger partial charge in [0.1, 0.15) is 5.75 Å². The van der Waals surface area contributed by atoms with Crippen molar-refractivity contribution in [1.29, 1.82) is 0 Å². The molecule has 9 heteroatoms. The van der Waals surface area contributed by atoms with E-state index in [1.807, 2.05) is 0 Å². The molecule has 2 rings (SSSR count). The summed E-state index contributed by atoms with van der Waals surface area (Å²) in [6, 6.07) is 11.0. The van der Waals surface area contributed by atoms with E-state index in [1.54, 1.807) is 30.3 Å². The number of primary sulfonamides is 1. The standard InChI is InChI=1S/C18H21N3O5S/c1-12(22)20-14-6-9-17(26-2)16(11-14)21-18(23)10-5-13-3-7-15(8-4-13)27(19,24)25/h3-4,6-9,11H,5,10H2,1-2H3,(H,20,22)(H,21,23)(H2,19,24,25). The number of nitrogens with two attached hydrogens (primary N) is 1. The van der Waals surface area contributed by atoms with Gasteiger partial charge in [-0.2, -0.15) is 0 Å².